The second-order valence-electron chi connectivity index (χ2n) is 12.8. The van der Waals surface area contributed by atoms with Crippen molar-refractivity contribution in [1.82, 2.24) is 15.0 Å². The lowest BCUT2D eigenvalue weighted by Crippen LogP contribution is -2.01. The van der Waals surface area contributed by atoms with E-state index < -0.39 is 0 Å². The van der Waals surface area contributed by atoms with Gasteiger partial charge in [-0.2, -0.15) is 0 Å². The van der Waals surface area contributed by atoms with Gasteiger partial charge in [-0.3, -0.25) is 0 Å². The minimum absolute atomic E-state index is 0.631. The Morgan fingerprint density at radius 1 is 0.314 bits per heavy atom. The molecule has 0 bridgehead atoms. The van der Waals surface area contributed by atoms with Crippen LogP contribution in [0.3, 0.4) is 0 Å². The van der Waals surface area contributed by atoms with Gasteiger partial charge in [-0.15, -0.1) is 0 Å². The highest BCUT2D eigenvalue weighted by molar-refractivity contribution is 6.07. The van der Waals surface area contributed by atoms with Gasteiger partial charge in [0.25, 0.3) is 0 Å². The molecule has 8 aromatic carbocycles. The predicted octanol–water partition coefficient (Wildman–Crippen LogP) is 12.3. The Morgan fingerprint density at radius 2 is 0.902 bits per heavy atom. The monoisotopic (exact) mass is 651 g/mol. The molecule has 1 aliphatic heterocycles. The number of nitrogens with zero attached hydrogens (tertiary/aromatic N) is 3. The zero-order valence-corrected chi connectivity index (χ0v) is 27.5. The van der Waals surface area contributed by atoms with Crippen LogP contribution in [-0.4, -0.2) is 15.0 Å². The second-order valence-corrected chi connectivity index (χ2v) is 12.8. The number of aromatic nitrogens is 3. The van der Waals surface area contributed by atoms with Crippen LogP contribution < -0.4 is 4.74 Å². The van der Waals surface area contributed by atoms with E-state index in [0.29, 0.717) is 17.5 Å². The van der Waals surface area contributed by atoms with E-state index in [9.17, 15) is 0 Å². The molecule has 9 aromatic rings. The van der Waals surface area contributed by atoms with Crippen LogP contribution in [0.25, 0.3) is 89.1 Å². The Labute approximate surface area is 295 Å². The summed E-state index contributed by atoms with van der Waals surface area (Å²) in [5.41, 5.74) is 9.57. The Morgan fingerprint density at radius 3 is 1.69 bits per heavy atom. The standard InChI is InChI=1S/C47H29N3O/c1-3-13-30(14-4-1)34-19-7-10-22-39(34)46-48-45(32-15-5-2-6-16-32)49-47(50-46)40-27-26-35(36-20-8-9-21-37(36)40)33-25-28-42-41(29-33)38-23-11-17-31-18-12-24-43(51-42)44(31)38/h1-29H. The summed E-state index contributed by atoms with van der Waals surface area (Å²) in [6.07, 6.45) is 0. The van der Waals surface area contributed by atoms with Crippen LogP contribution in [0.2, 0.25) is 0 Å². The first-order valence-corrected chi connectivity index (χ1v) is 17.1. The summed E-state index contributed by atoms with van der Waals surface area (Å²) < 4.78 is 6.41. The SMILES string of the molecule is c1ccc(-c2nc(-c3ccccc3-c3ccccc3)nc(-c3ccc(-c4ccc5c(c4)-c4cccc6cccc(c46)O5)c4ccccc34)n2)cc1. The summed E-state index contributed by atoms with van der Waals surface area (Å²) in [6.45, 7) is 0. The molecule has 0 N–H and O–H groups in total. The van der Waals surface area contributed by atoms with Crippen LogP contribution in [0.4, 0.5) is 0 Å². The predicted molar refractivity (Wildman–Crippen MR) is 208 cm³/mol. The topological polar surface area (TPSA) is 47.9 Å². The maximum atomic E-state index is 6.41. The van der Waals surface area contributed by atoms with Gasteiger partial charge in [0, 0.05) is 27.6 Å². The lowest BCUT2D eigenvalue weighted by molar-refractivity contribution is 0.487. The summed E-state index contributed by atoms with van der Waals surface area (Å²) in [5.74, 6) is 3.67. The maximum absolute atomic E-state index is 6.41. The highest BCUT2D eigenvalue weighted by Crippen LogP contribution is 2.48. The zero-order chi connectivity index (χ0) is 33.7. The minimum Gasteiger partial charge on any atom is -0.456 e. The molecule has 51 heavy (non-hydrogen) atoms. The second kappa shape index (κ2) is 11.9. The molecule has 4 heteroatoms. The van der Waals surface area contributed by atoms with E-state index in [4.69, 9.17) is 19.7 Å². The van der Waals surface area contributed by atoms with Crippen molar-refractivity contribution in [2.24, 2.45) is 0 Å². The van der Waals surface area contributed by atoms with Crippen molar-refractivity contribution < 1.29 is 4.74 Å². The summed E-state index contributed by atoms with van der Waals surface area (Å²) in [5, 5.41) is 4.52. The summed E-state index contributed by atoms with van der Waals surface area (Å²) in [7, 11) is 0. The van der Waals surface area contributed by atoms with Gasteiger partial charge in [-0.05, 0) is 68.2 Å². The lowest BCUT2D eigenvalue weighted by atomic mass is 9.90. The number of rotatable bonds is 5. The fourth-order valence-electron chi connectivity index (χ4n) is 7.36. The van der Waals surface area contributed by atoms with Crippen LogP contribution >= 0.6 is 0 Å². The van der Waals surface area contributed by atoms with Crippen LogP contribution in [0.15, 0.2) is 176 Å². The van der Waals surface area contributed by atoms with Crippen molar-refractivity contribution in [2.75, 3.05) is 0 Å². The third kappa shape index (κ3) is 4.96. The lowest BCUT2D eigenvalue weighted by Gasteiger charge is -2.22. The fourth-order valence-corrected chi connectivity index (χ4v) is 7.36. The highest BCUT2D eigenvalue weighted by atomic mass is 16.5. The normalized spacial score (nSPS) is 11.7. The molecule has 4 nitrogen and oxygen atoms in total. The van der Waals surface area contributed by atoms with Gasteiger partial charge in [0.2, 0.25) is 0 Å². The van der Waals surface area contributed by atoms with Gasteiger partial charge in [0.15, 0.2) is 17.5 Å². The van der Waals surface area contributed by atoms with E-state index in [-0.39, 0.29) is 0 Å². The fraction of sp³-hybridized carbons (Fsp3) is 0. The molecule has 10 rings (SSSR count). The quantitative estimate of drug-likeness (QED) is 0.186. The number of hydrogen-bond donors (Lipinski definition) is 0. The van der Waals surface area contributed by atoms with Crippen LogP contribution in [-0.2, 0) is 0 Å². The summed E-state index contributed by atoms with van der Waals surface area (Å²) >= 11 is 0. The molecule has 1 aromatic heterocycles. The van der Waals surface area contributed by atoms with Crippen molar-refractivity contribution in [1.29, 1.82) is 0 Å². The van der Waals surface area contributed by atoms with Crippen molar-refractivity contribution in [2.45, 2.75) is 0 Å². The van der Waals surface area contributed by atoms with Crippen LogP contribution in [0.5, 0.6) is 11.5 Å². The third-order valence-electron chi connectivity index (χ3n) is 9.75. The van der Waals surface area contributed by atoms with E-state index in [1.807, 2.05) is 48.5 Å². The van der Waals surface area contributed by atoms with Crippen LogP contribution in [0, 0.1) is 0 Å². The highest BCUT2D eigenvalue weighted by Gasteiger charge is 2.22. The van der Waals surface area contributed by atoms with Gasteiger partial charge < -0.3 is 4.74 Å². The number of fused-ring (bicyclic) bond motifs is 3. The first-order valence-electron chi connectivity index (χ1n) is 17.1. The molecule has 0 fully saturated rings. The van der Waals surface area contributed by atoms with Crippen molar-refractivity contribution in [3.63, 3.8) is 0 Å². The molecule has 0 unspecified atom stereocenters. The molecule has 0 saturated heterocycles. The molecule has 0 saturated carbocycles. The molecule has 0 aliphatic carbocycles. The molecule has 0 amide bonds. The zero-order valence-electron chi connectivity index (χ0n) is 27.5. The first kappa shape index (κ1) is 29.0. The molecule has 1 aliphatic rings. The molecule has 0 spiro atoms. The minimum atomic E-state index is 0.631. The first-order chi connectivity index (χ1) is 25.3. The smallest absolute Gasteiger partial charge is 0.164 e. The Balaban J connectivity index is 1.15. The van der Waals surface area contributed by atoms with Crippen molar-refractivity contribution >= 4 is 21.5 Å². The van der Waals surface area contributed by atoms with Gasteiger partial charge in [0.1, 0.15) is 11.5 Å². The third-order valence-corrected chi connectivity index (χ3v) is 9.75. The molecular formula is C47H29N3O. The van der Waals surface area contributed by atoms with E-state index in [1.54, 1.807) is 0 Å². The van der Waals surface area contributed by atoms with Crippen molar-refractivity contribution in [3.05, 3.63) is 176 Å². The maximum Gasteiger partial charge on any atom is 0.164 e. The molecule has 0 radical (unpaired) electrons. The Hall–Kier alpha value is -6.91. The number of benzene rings is 8. The van der Waals surface area contributed by atoms with Crippen LogP contribution in [0.1, 0.15) is 0 Å². The van der Waals surface area contributed by atoms with E-state index >= 15 is 0 Å². The molecule has 0 atom stereocenters. The average molecular weight is 652 g/mol. The molecule has 238 valence electrons. The van der Waals surface area contributed by atoms with Gasteiger partial charge in [-0.1, -0.05) is 152 Å². The van der Waals surface area contributed by atoms with Crippen molar-refractivity contribution in [3.8, 4) is 79.0 Å². The summed E-state index contributed by atoms with van der Waals surface area (Å²) in [6, 6.07) is 60.9. The Bertz CT molecular complexity index is 2770. The van der Waals surface area contributed by atoms with E-state index in [0.717, 1.165) is 72.2 Å². The van der Waals surface area contributed by atoms with Gasteiger partial charge in [-0.25, -0.2) is 15.0 Å². The number of hydrogen-bond acceptors (Lipinski definition) is 4. The van der Waals surface area contributed by atoms with Gasteiger partial charge in [0.05, 0.1) is 0 Å². The summed E-state index contributed by atoms with van der Waals surface area (Å²) in [4.78, 5) is 15.4. The number of ether oxygens (including phenoxy) is 1. The Kier molecular flexibility index (Phi) is 6.78. The molecule has 2 heterocycles. The largest absolute Gasteiger partial charge is 0.456 e. The average Bonchev–Trinajstić information content (AvgIpc) is 3.21. The van der Waals surface area contributed by atoms with E-state index in [2.05, 4.69) is 127 Å². The van der Waals surface area contributed by atoms with Gasteiger partial charge >= 0.3 is 0 Å². The van der Waals surface area contributed by atoms with E-state index in [1.165, 1.54) is 10.9 Å². The molecular weight excluding hydrogens is 623 g/mol.